The van der Waals surface area contributed by atoms with Crippen LogP contribution in [0.5, 0.6) is 0 Å². The van der Waals surface area contributed by atoms with Gasteiger partial charge < -0.3 is 14.5 Å². The Kier molecular flexibility index (Phi) is 6.87. The van der Waals surface area contributed by atoms with Gasteiger partial charge in [0.2, 0.25) is 5.91 Å². The number of carbonyl (C=O) groups excluding carboxylic acids is 2. The van der Waals surface area contributed by atoms with Crippen LogP contribution >= 0.6 is 0 Å². The van der Waals surface area contributed by atoms with Gasteiger partial charge in [0, 0.05) is 49.1 Å². The molecule has 2 aromatic rings. The predicted molar refractivity (Wildman–Crippen MR) is 134 cm³/mol. The standard InChI is InChI=1S/C28H36N4O3/c1-3-22-8-7-21(19-29-22)24-10-9-23-25(30-24)27(34)35-28(23)13-11-20(12-14-28)26(33)31(2)17-18-32-15-5-4-6-16-32/h7-10,19-20H,3-6,11-18H2,1-2H3. The highest BCUT2D eigenvalue weighted by Gasteiger charge is 2.49. The molecule has 4 heterocycles. The number of esters is 1. The SMILES string of the molecule is CCc1ccc(-c2ccc3c(n2)C(=O)OC32CCC(C(=O)N(C)CCN3CCCCC3)CC2)cn1. The number of fused-ring (bicyclic) bond motifs is 2. The second-order valence-corrected chi connectivity index (χ2v) is 10.3. The number of likely N-dealkylation sites (N-methyl/N-ethyl adjacent to an activating group) is 1. The zero-order valence-corrected chi connectivity index (χ0v) is 21.0. The van der Waals surface area contributed by atoms with E-state index in [1.165, 1.54) is 19.3 Å². The molecular weight excluding hydrogens is 440 g/mol. The number of aryl methyl sites for hydroxylation is 1. The largest absolute Gasteiger partial charge is 0.449 e. The minimum atomic E-state index is -0.647. The third kappa shape index (κ3) is 4.83. The maximum absolute atomic E-state index is 13.1. The van der Waals surface area contributed by atoms with Crippen molar-refractivity contribution in [3.8, 4) is 11.3 Å². The summed E-state index contributed by atoms with van der Waals surface area (Å²) in [5.74, 6) is -0.147. The number of piperidine rings is 1. The molecule has 186 valence electrons. The van der Waals surface area contributed by atoms with Gasteiger partial charge in [-0.05, 0) is 76.2 Å². The number of ether oxygens (including phenoxy) is 1. The minimum Gasteiger partial charge on any atom is -0.449 e. The van der Waals surface area contributed by atoms with E-state index >= 15 is 0 Å². The van der Waals surface area contributed by atoms with Crippen molar-refractivity contribution in [3.05, 3.63) is 47.4 Å². The molecule has 0 radical (unpaired) electrons. The number of rotatable bonds is 6. The molecular formula is C28H36N4O3. The van der Waals surface area contributed by atoms with Crippen LogP contribution in [0.1, 0.15) is 73.6 Å². The van der Waals surface area contributed by atoms with Crippen LogP contribution in [0.3, 0.4) is 0 Å². The number of hydrogen-bond donors (Lipinski definition) is 0. The molecule has 7 heteroatoms. The highest BCUT2D eigenvalue weighted by molar-refractivity contribution is 5.93. The molecule has 2 aromatic heterocycles. The Morgan fingerprint density at radius 2 is 1.91 bits per heavy atom. The van der Waals surface area contributed by atoms with Crippen molar-refractivity contribution in [1.29, 1.82) is 0 Å². The lowest BCUT2D eigenvalue weighted by Crippen LogP contribution is -2.43. The van der Waals surface area contributed by atoms with Crippen LogP contribution in [0.25, 0.3) is 11.3 Å². The zero-order chi connectivity index (χ0) is 24.4. The molecule has 5 rings (SSSR count). The van der Waals surface area contributed by atoms with Crippen molar-refractivity contribution < 1.29 is 14.3 Å². The number of hydrogen-bond acceptors (Lipinski definition) is 6. The van der Waals surface area contributed by atoms with Crippen LogP contribution in [-0.2, 0) is 21.6 Å². The maximum atomic E-state index is 13.1. The van der Waals surface area contributed by atoms with Crippen LogP contribution < -0.4 is 0 Å². The molecule has 1 saturated carbocycles. The van der Waals surface area contributed by atoms with E-state index in [0.29, 0.717) is 18.5 Å². The lowest BCUT2D eigenvalue weighted by Gasteiger charge is -2.37. The van der Waals surface area contributed by atoms with Gasteiger partial charge in [-0.3, -0.25) is 9.78 Å². The number of pyridine rings is 2. The summed E-state index contributed by atoms with van der Waals surface area (Å²) >= 11 is 0. The Balaban J connectivity index is 1.23. The summed E-state index contributed by atoms with van der Waals surface area (Å²) in [6, 6.07) is 7.93. The molecule has 3 aliphatic rings. The van der Waals surface area contributed by atoms with E-state index in [1.54, 1.807) is 0 Å². The first kappa shape index (κ1) is 23.9. The number of likely N-dealkylation sites (tertiary alicyclic amines) is 1. The van der Waals surface area contributed by atoms with E-state index in [4.69, 9.17) is 4.74 Å². The Morgan fingerprint density at radius 1 is 1.14 bits per heavy atom. The number of nitrogens with zero attached hydrogens (tertiary/aromatic N) is 4. The summed E-state index contributed by atoms with van der Waals surface area (Å²) in [6.45, 7) is 6.10. The van der Waals surface area contributed by atoms with E-state index in [1.807, 2.05) is 42.4 Å². The third-order valence-corrected chi connectivity index (χ3v) is 8.07. The Hall–Kier alpha value is -2.80. The Labute approximate surface area is 207 Å². The van der Waals surface area contributed by atoms with Crippen LogP contribution in [0.4, 0.5) is 0 Å². The van der Waals surface area contributed by atoms with Crippen molar-refractivity contribution in [2.45, 2.75) is 63.9 Å². The fourth-order valence-corrected chi connectivity index (χ4v) is 5.81. The lowest BCUT2D eigenvalue weighted by atomic mass is 9.75. The Bertz CT molecular complexity index is 1070. The molecule has 1 amide bonds. The number of aromatic nitrogens is 2. The first-order valence-corrected chi connectivity index (χ1v) is 13.2. The number of amides is 1. The van der Waals surface area contributed by atoms with E-state index < -0.39 is 5.60 Å². The second-order valence-electron chi connectivity index (χ2n) is 10.3. The van der Waals surface area contributed by atoms with Crippen LogP contribution in [0, 0.1) is 5.92 Å². The van der Waals surface area contributed by atoms with Gasteiger partial charge in [0.1, 0.15) is 5.60 Å². The molecule has 2 fully saturated rings. The molecule has 7 nitrogen and oxygen atoms in total. The normalized spacial score (nSPS) is 24.3. The van der Waals surface area contributed by atoms with Crippen molar-refractivity contribution >= 4 is 11.9 Å². The van der Waals surface area contributed by atoms with Crippen molar-refractivity contribution in [2.24, 2.45) is 5.92 Å². The van der Waals surface area contributed by atoms with Gasteiger partial charge in [-0.15, -0.1) is 0 Å². The molecule has 0 unspecified atom stereocenters. The van der Waals surface area contributed by atoms with Crippen LogP contribution in [0.15, 0.2) is 30.5 Å². The zero-order valence-electron chi connectivity index (χ0n) is 21.0. The maximum Gasteiger partial charge on any atom is 0.358 e. The highest BCUT2D eigenvalue weighted by atomic mass is 16.6. The summed E-state index contributed by atoms with van der Waals surface area (Å²) in [5.41, 5.74) is 3.27. The summed E-state index contributed by atoms with van der Waals surface area (Å²) in [6.07, 6.45) is 9.32. The molecule has 1 spiro atoms. The summed E-state index contributed by atoms with van der Waals surface area (Å²) < 4.78 is 5.95. The van der Waals surface area contributed by atoms with Gasteiger partial charge in [0.15, 0.2) is 5.69 Å². The molecule has 2 aliphatic heterocycles. The van der Waals surface area contributed by atoms with Gasteiger partial charge in [-0.25, -0.2) is 9.78 Å². The predicted octanol–water partition coefficient (Wildman–Crippen LogP) is 4.21. The van der Waals surface area contributed by atoms with Gasteiger partial charge in [-0.2, -0.15) is 0 Å². The van der Waals surface area contributed by atoms with Gasteiger partial charge in [-0.1, -0.05) is 19.4 Å². The lowest BCUT2D eigenvalue weighted by molar-refractivity contribution is -0.137. The molecule has 1 saturated heterocycles. The average molecular weight is 477 g/mol. The molecule has 35 heavy (non-hydrogen) atoms. The third-order valence-electron chi connectivity index (χ3n) is 8.07. The first-order valence-electron chi connectivity index (χ1n) is 13.2. The van der Waals surface area contributed by atoms with Gasteiger partial charge in [0.25, 0.3) is 0 Å². The molecule has 1 aliphatic carbocycles. The molecule has 0 aromatic carbocycles. The average Bonchev–Trinajstić information content (AvgIpc) is 3.18. The van der Waals surface area contributed by atoms with Crippen LogP contribution in [0.2, 0.25) is 0 Å². The van der Waals surface area contributed by atoms with Crippen LogP contribution in [-0.4, -0.2) is 64.9 Å². The molecule has 0 N–H and O–H groups in total. The van der Waals surface area contributed by atoms with Crippen molar-refractivity contribution in [1.82, 2.24) is 19.8 Å². The minimum absolute atomic E-state index is 0.00915. The van der Waals surface area contributed by atoms with E-state index in [-0.39, 0.29) is 17.8 Å². The summed E-state index contributed by atoms with van der Waals surface area (Å²) in [4.78, 5) is 39.4. The monoisotopic (exact) mass is 476 g/mol. The van der Waals surface area contributed by atoms with Gasteiger partial charge >= 0.3 is 5.97 Å². The second kappa shape index (κ2) is 10.1. The highest BCUT2D eigenvalue weighted by Crippen LogP contribution is 2.48. The molecule has 0 atom stereocenters. The summed E-state index contributed by atoms with van der Waals surface area (Å²) in [5, 5.41) is 0. The fourth-order valence-electron chi connectivity index (χ4n) is 5.81. The quantitative estimate of drug-likeness (QED) is 0.582. The van der Waals surface area contributed by atoms with Crippen molar-refractivity contribution in [3.63, 3.8) is 0 Å². The Morgan fingerprint density at radius 3 is 2.60 bits per heavy atom. The summed E-state index contributed by atoms with van der Waals surface area (Å²) in [7, 11) is 1.93. The fraction of sp³-hybridized carbons (Fsp3) is 0.571. The van der Waals surface area contributed by atoms with E-state index in [9.17, 15) is 9.59 Å². The first-order chi connectivity index (χ1) is 17.0. The topological polar surface area (TPSA) is 75.6 Å². The van der Waals surface area contributed by atoms with Gasteiger partial charge in [0.05, 0.1) is 5.69 Å². The van der Waals surface area contributed by atoms with E-state index in [2.05, 4.69) is 21.8 Å². The molecule has 0 bridgehead atoms. The number of carbonyl (C=O) groups is 2. The smallest absolute Gasteiger partial charge is 0.358 e. The van der Waals surface area contributed by atoms with E-state index in [0.717, 1.165) is 68.0 Å². The van der Waals surface area contributed by atoms with Crippen molar-refractivity contribution in [2.75, 3.05) is 33.2 Å².